The van der Waals surface area contributed by atoms with Crippen molar-refractivity contribution < 1.29 is 22.7 Å². The van der Waals surface area contributed by atoms with E-state index in [2.05, 4.69) is 25.5 Å². The average Bonchev–Trinajstić information content (AvgIpc) is 3.20. The molecule has 0 saturated carbocycles. The molecule has 2 heterocycles. The number of pyridine rings is 1. The van der Waals surface area contributed by atoms with Gasteiger partial charge in [-0.3, -0.25) is 4.79 Å². The molecule has 0 aliphatic carbocycles. The predicted molar refractivity (Wildman–Crippen MR) is 126 cm³/mol. The second kappa shape index (κ2) is 10.0. The van der Waals surface area contributed by atoms with Crippen LogP contribution in [0.15, 0.2) is 66.7 Å². The molecule has 11 heteroatoms. The molecule has 0 radical (unpaired) electrons. The van der Waals surface area contributed by atoms with Crippen LogP contribution < -0.4 is 15.4 Å². The summed E-state index contributed by atoms with van der Waals surface area (Å²) in [6, 6.07) is 17.7. The van der Waals surface area contributed by atoms with Gasteiger partial charge in [-0.2, -0.15) is 4.98 Å². The van der Waals surface area contributed by atoms with Crippen LogP contribution in [0, 0.1) is 0 Å². The van der Waals surface area contributed by atoms with Gasteiger partial charge in [-0.1, -0.05) is 18.2 Å². The van der Waals surface area contributed by atoms with Crippen LogP contribution >= 0.6 is 0 Å². The molecule has 182 valence electrons. The van der Waals surface area contributed by atoms with Gasteiger partial charge in [0.1, 0.15) is 5.75 Å². The fourth-order valence-electron chi connectivity index (χ4n) is 3.36. The highest BCUT2D eigenvalue weighted by Gasteiger charge is 2.31. The fourth-order valence-corrected chi connectivity index (χ4v) is 3.36. The van der Waals surface area contributed by atoms with Crippen LogP contribution in [0.5, 0.6) is 5.75 Å². The minimum atomic E-state index is -4.78. The van der Waals surface area contributed by atoms with E-state index in [0.29, 0.717) is 40.6 Å². The summed E-state index contributed by atoms with van der Waals surface area (Å²) in [4.78, 5) is 18.7. The van der Waals surface area contributed by atoms with E-state index in [0.717, 1.165) is 6.54 Å². The lowest BCUT2D eigenvalue weighted by molar-refractivity contribution is -0.274. The highest BCUT2D eigenvalue weighted by atomic mass is 19.4. The van der Waals surface area contributed by atoms with Gasteiger partial charge < -0.3 is 20.3 Å². The summed E-state index contributed by atoms with van der Waals surface area (Å²) in [7, 11) is 3.87. The van der Waals surface area contributed by atoms with Gasteiger partial charge in [0.2, 0.25) is 5.95 Å². The quantitative estimate of drug-likeness (QED) is 0.387. The van der Waals surface area contributed by atoms with Gasteiger partial charge in [-0.25, -0.2) is 4.52 Å². The first-order valence-corrected chi connectivity index (χ1v) is 10.7. The zero-order valence-corrected chi connectivity index (χ0v) is 19.0. The van der Waals surface area contributed by atoms with E-state index in [-0.39, 0.29) is 11.7 Å². The first kappa shape index (κ1) is 24.0. The number of carbonyl (C=O) groups is 1. The minimum absolute atomic E-state index is 0.161. The third kappa shape index (κ3) is 6.27. The smallest absolute Gasteiger partial charge is 0.406 e. The Balaban J connectivity index is 1.51. The maximum atomic E-state index is 12.6. The number of benzene rings is 2. The van der Waals surface area contributed by atoms with Crippen LogP contribution in [0.2, 0.25) is 0 Å². The number of fused-ring (bicyclic) bond motifs is 1. The molecule has 0 saturated heterocycles. The number of ether oxygens (including phenoxy) is 1. The molecule has 0 aliphatic rings. The van der Waals surface area contributed by atoms with Crippen LogP contribution in [0.4, 0.5) is 24.8 Å². The van der Waals surface area contributed by atoms with E-state index in [1.807, 2.05) is 19.0 Å². The number of hydrogen-bond acceptors (Lipinski definition) is 6. The number of hydrogen-bond donors (Lipinski definition) is 2. The van der Waals surface area contributed by atoms with Gasteiger partial charge in [0, 0.05) is 29.9 Å². The maximum absolute atomic E-state index is 12.6. The van der Waals surface area contributed by atoms with Crippen molar-refractivity contribution in [3.8, 4) is 17.0 Å². The van der Waals surface area contributed by atoms with Crippen LogP contribution in [-0.2, 0) is 0 Å². The van der Waals surface area contributed by atoms with Crippen molar-refractivity contribution in [1.82, 2.24) is 24.8 Å². The molecule has 0 aliphatic heterocycles. The summed E-state index contributed by atoms with van der Waals surface area (Å²) in [6.07, 6.45) is -4.78. The standard InChI is InChI=1S/C24H23F3N6O2/c1-32(2)14-13-28-22(34)16-9-11-18(12-10-16)29-23-30-21-8-4-7-20(33(21)31-23)17-5-3-6-19(15-17)35-24(25,26)27/h3-12,15H,13-14H2,1-2H3,(H,28,34)(H,29,31). The molecule has 1 amide bonds. The van der Waals surface area contributed by atoms with Crippen LogP contribution in [0.1, 0.15) is 10.4 Å². The molecule has 0 unspecified atom stereocenters. The van der Waals surface area contributed by atoms with E-state index >= 15 is 0 Å². The van der Waals surface area contributed by atoms with Crippen molar-refractivity contribution in [3.05, 3.63) is 72.3 Å². The summed E-state index contributed by atoms with van der Waals surface area (Å²) in [5.74, 6) is -0.190. The van der Waals surface area contributed by atoms with Gasteiger partial charge in [0.15, 0.2) is 5.65 Å². The summed E-state index contributed by atoms with van der Waals surface area (Å²) < 4.78 is 43.4. The molecule has 2 aromatic carbocycles. The summed E-state index contributed by atoms with van der Waals surface area (Å²) in [6.45, 7) is 1.29. The molecule has 2 N–H and O–H groups in total. The Hall–Kier alpha value is -4.12. The fraction of sp³-hybridized carbons (Fsp3) is 0.208. The number of rotatable bonds is 8. The third-order valence-electron chi connectivity index (χ3n) is 4.97. The zero-order chi connectivity index (χ0) is 25.0. The predicted octanol–water partition coefficient (Wildman–Crippen LogP) is 4.33. The van der Waals surface area contributed by atoms with Crippen LogP contribution in [0.25, 0.3) is 16.9 Å². The van der Waals surface area contributed by atoms with E-state index in [9.17, 15) is 18.0 Å². The maximum Gasteiger partial charge on any atom is 0.573 e. The molecule has 2 aromatic heterocycles. The molecule has 0 atom stereocenters. The van der Waals surface area contributed by atoms with E-state index < -0.39 is 6.36 Å². The number of anilines is 2. The molecule has 35 heavy (non-hydrogen) atoms. The number of nitrogens with one attached hydrogen (secondary N) is 2. The molecular formula is C24H23F3N6O2. The lowest BCUT2D eigenvalue weighted by Crippen LogP contribution is -2.31. The number of nitrogens with zero attached hydrogens (tertiary/aromatic N) is 4. The second-order valence-corrected chi connectivity index (χ2v) is 7.95. The molecular weight excluding hydrogens is 461 g/mol. The molecule has 8 nitrogen and oxygen atoms in total. The number of halogens is 3. The SMILES string of the molecule is CN(C)CCNC(=O)c1ccc(Nc2nc3cccc(-c4cccc(OC(F)(F)F)c4)n3n2)cc1. The Morgan fingerprint density at radius 3 is 2.51 bits per heavy atom. The molecule has 4 rings (SSSR count). The Kier molecular flexibility index (Phi) is 6.87. The van der Waals surface area contributed by atoms with Crippen molar-refractivity contribution in [2.24, 2.45) is 0 Å². The largest absolute Gasteiger partial charge is 0.573 e. The lowest BCUT2D eigenvalue weighted by atomic mass is 10.1. The van der Waals surface area contributed by atoms with E-state index in [4.69, 9.17) is 0 Å². The molecule has 0 bridgehead atoms. The van der Waals surface area contributed by atoms with Crippen molar-refractivity contribution in [1.29, 1.82) is 0 Å². The number of alkyl halides is 3. The molecule has 0 spiro atoms. The monoisotopic (exact) mass is 484 g/mol. The number of amides is 1. The summed E-state index contributed by atoms with van der Waals surface area (Å²) in [5.41, 5.74) is 2.73. The van der Waals surface area contributed by atoms with E-state index in [1.165, 1.54) is 22.7 Å². The van der Waals surface area contributed by atoms with Gasteiger partial charge in [-0.05, 0) is 62.6 Å². The van der Waals surface area contributed by atoms with Crippen molar-refractivity contribution >= 4 is 23.2 Å². The average molecular weight is 484 g/mol. The summed E-state index contributed by atoms with van der Waals surface area (Å²) >= 11 is 0. The van der Waals surface area contributed by atoms with Crippen molar-refractivity contribution in [3.63, 3.8) is 0 Å². The first-order chi connectivity index (χ1) is 16.7. The topological polar surface area (TPSA) is 83.8 Å². The normalized spacial score (nSPS) is 11.6. The van der Waals surface area contributed by atoms with Gasteiger partial charge in [0.25, 0.3) is 5.91 Å². The highest BCUT2D eigenvalue weighted by Crippen LogP contribution is 2.28. The van der Waals surface area contributed by atoms with E-state index in [1.54, 1.807) is 48.5 Å². The van der Waals surface area contributed by atoms with Crippen LogP contribution in [0.3, 0.4) is 0 Å². The molecule has 0 fully saturated rings. The Bertz CT molecular complexity index is 1320. The van der Waals surface area contributed by atoms with Gasteiger partial charge in [-0.15, -0.1) is 18.3 Å². The second-order valence-electron chi connectivity index (χ2n) is 7.95. The number of carbonyl (C=O) groups excluding carboxylic acids is 1. The Labute approximate surface area is 199 Å². The van der Waals surface area contributed by atoms with Gasteiger partial charge in [0.05, 0.1) is 5.69 Å². The lowest BCUT2D eigenvalue weighted by Gasteiger charge is -2.10. The first-order valence-electron chi connectivity index (χ1n) is 10.7. The molecule has 4 aromatic rings. The van der Waals surface area contributed by atoms with Crippen molar-refractivity contribution in [2.45, 2.75) is 6.36 Å². The third-order valence-corrected chi connectivity index (χ3v) is 4.97. The number of likely N-dealkylation sites (N-methyl/N-ethyl adjacent to an activating group) is 1. The minimum Gasteiger partial charge on any atom is -0.406 e. The number of aromatic nitrogens is 3. The Morgan fingerprint density at radius 1 is 1.06 bits per heavy atom. The summed E-state index contributed by atoms with van der Waals surface area (Å²) in [5, 5.41) is 10.4. The zero-order valence-electron chi connectivity index (χ0n) is 19.0. The highest BCUT2D eigenvalue weighted by molar-refractivity contribution is 5.94. The van der Waals surface area contributed by atoms with Crippen LogP contribution in [-0.4, -0.2) is 59.0 Å². The Morgan fingerprint density at radius 2 is 1.80 bits per heavy atom. The van der Waals surface area contributed by atoms with Gasteiger partial charge >= 0.3 is 6.36 Å². The van der Waals surface area contributed by atoms with Crippen molar-refractivity contribution in [2.75, 3.05) is 32.5 Å².